The molecule has 1 unspecified atom stereocenters. The molecule has 1 atom stereocenters. The van der Waals surface area contributed by atoms with Crippen LogP contribution in [0.1, 0.15) is 58.5 Å². The monoisotopic (exact) mass is 286 g/mol. The largest absolute Gasteiger partial charge is 0.309 e. The van der Waals surface area contributed by atoms with Gasteiger partial charge in [-0.1, -0.05) is 34.6 Å². The molecule has 0 aromatic carbocycles. The van der Waals surface area contributed by atoms with Gasteiger partial charge in [-0.2, -0.15) is 0 Å². The maximum atomic E-state index is 11.8. The third kappa shape index (κ3) is 2.73. The first-order chi connectivity index (χ1) is 7.27. The number of hydrogen-bond donors (Lipinski definition) is 1. The third-order valence-electron chi connectivity index (χ3n) is 2.67. The number of hydrogen-bond acceptors (Lipinski definition) is 2. The molecule has 1 aromatic heterocycles. The van der Waals surface area contributed by atoms with E-state index in [2.05, 4.69) is 60.5 Å². The molecule has 3 nitrogen and oxygen atoms in total. The minimum atomic E-state index is -0.130. The lowest BCUT2D eigenvalue weighted by Crippen LogP contribution is -2.24. The Hall–Kier alpha value is -0.640. The molecule has 0 aliphatic carbocycles. The number of aromatic nitrogens is 2. The van der Waals surface area contributed by atoms with Crippen LogP contribution in [-0.2, 0) is 5.41 Å². The summed E-state index contributed by atoms with van der Waals surface area (Å²) in [6, 6.07) is 0. The van der Waals surface area contributed by atoms with Crippen molar-refractivity contribution in [3.8, 4) is 0 Å². The zero-order valence-electron chi connectivity index (χ0n) is 10.5. The molecule has 90 valence electrons. The zero-order chi connectivity index (χ0) is 12.5. The van der Waals surface area contributed by atoms with Gasteiger partial charge in [-0.05, 0) is 22.4 Å². The predicted octanol–water partition coefficient (Wildman–Crippen LogP) is 3.34. The van der Waals surface area contributed by atoms with Crippen LogP contribution < -0.4 is 5.56 Å². The lowest BCUT2D eigenvalue weighted by Gasteiger charge is -2.20. The van der Waals surface area contributed by atoms with Crippen molar-refractivity contribution in [3.05, 3.63) is 26.3 Å². The molecular formula is C12H19BrN2O. The molecular weight excluding hydrogens is 268 g/mol. The Morgan fingerprint density at radius 1 is 1.44 bits per heavy atom. The summed E-state index contributed by atoms with van der Waals surface area (Å²) >= 11 is 3.31. The van der Waals surface area contributed by atoms with Gasteiger partial charge >= 0.3 is 0 Å². The Kier molecular flexibility index (Phi) is 3.94. The van der Waals surface area contributed by atoms with Crippen LogP contribution in [0.4, 0.5) is 0 Å². The minimum absolute atomic E-state index is 0.0878. The lowest BCUT2D eigenvalue weighted by atomic mass is 9.91. The molecule has 0 spiro atoms. The first-order valence-electron chi connectivity index (χ1n) is 5.57. The Balaban J connectivity index is 3.40. The third-order valence-corrected chi connectivity index (χ3v) is 3.41. The molecule has 1 N–H and O–H groups in total. The number of halogens is 1. The van der Waals surface area contributed by atoms with E-state index >= 15 is 0 Å². The van der Waals surface area contributed by atoms with Gasteiger partial charge in [0.05, 0.1) is 5.69 Å². The molecule has 1 aromatic rings. The molecule has 16 heavy (non-hydrogen) atoms. The maximum Gasteiger partial charge on any atom is 0.265 e. The highest BCUT2D eigenvalue weighted by Crippen LogP contribution is 2.26. The van der Waals surface area contributed by atoms with E-state index in [1.54, 1.807) is 0 Å². The van der Waals surface area contributed by atoms with Crippen molar-refractivity contribution in [1.82, 2.24) is 9.97 Å². The molecule has 1 rings (SSSR count). The van der Waals surface area contributed by atoms with Gasteiger partial charge in [-0.15, -0.1) is 0 Å². The lowest BCUT2D eigenvalue weighted by molar-refractivity contribution is 0.547. The molecule has 0 aliphatic heterocycles. The fourth-order valence-corrected chi connectivity index (χ4v) is 2.18. The quantitative estimate of drug-likeness (QED) is 0.906. The van der Waals surface area contributed by atoms with Crippen LogP contribution in [0, 0.1) is 0 Å². The first-order valence-corrected chi connectivity index (χ1v) is 6.36. The first kappa shape index (κ1) is 13.4. The average Bonchev–Trinajstić information content (AvgIpc) is 2.18. The second-order valence-corrected chi connectivity index (χ2v) is 5.97. The Morgan fingerprint density at radius 2 is 2.00 bits per heavy atom. The summed E-state index contributed by atoms with van der Waals surface area (Å²) < 4.78 is 0.548. The molecule has 4 heteroatoms. The number of nitrogens with zero attached hydrogens (tertiary/aromatic N) is 1. The van der Waals surface area contributed by atoms with Gasteiger partial charge in [-0.3, -0.25) is 4.79 Å². The van der Waals surface area contributed by atoms with Crippen LogP contribution in [-0.4, -0.2) is 9.97 Å². The molecule has 0 radical (unpaired) electrons. The SMILES string of the molecule is CCC(C)c1nc(C(C)(C)C)c(Br)c(=O)[nH]1. The molecule has 1 heterocycles. The van der Waals surface area contributed by atoms with E-state index in [0.29, 0.717) is 4.47 Å². The predicted molar refractivity (Wildman–Crippen MR) is 70.0 cm³/mol. The van der Waals surface area contributed by atoms with Crippen LogP contribution >= 0.6 is 15.9 Å². The van der Waals surface area contributed by atoms with Crippen LogP contribution in [0.3, 0.4) is 0 Å². The zero-order valence-corrected chi connectivity index (χ0v) is 12.1. The van der Waals surface area contributed by atoms with E-state index in [1.807, 2.05) is 0 Å². The summed E-state index contributed by atoms with van der Waals surface area (Å²) in [7, 11) is 0. The van der Waals surface area contributed by atoms with Crippen molar-refractivity contribution >= 4 is 15.9 Å². The summed E-state index contributed by atoms with van der Waals surface area (Å²) in [6.07, 6.45) is 0.966. The van der Waals surface area contributed by atoms with E-state index in [-0.39, 0.29) is 16.9 Å². The molecule has 0 fully saturated rings. The summed E-state index contributed by atoms with van der Waals surface area (Å²) in [5, 5.41) is 0. The number of rotatable bonds is 2. The fourth-order valence-electron chi connectivity index (χ4n) is 1.40. The summed E-state index contributed by atoms with van der Waals surface area (Å²) in [6.45, 7) is 10.3. The molecule has 0 amide bonds. The highest BCUT2D eigenvalue weighted by molar-refractivity contribution is 9.10. The van der Waals surface area contributed by atoms with E-state index in [9.17, 15) is 4.79 Å². The van der Waals surface area contributed by atoms with Gasteiger partial charge < -0.3 is 4.98 Å². The van der Waals surface area contributed by atoms with Crippen molar-refractivity contribution in [2.45, 2.75) is 52.4 Å². The summed E-state index contributed by atoms with van der Waals surface area (Å²) in [5.74, 6) is 1.06. The van der Waals surface area contributed by atoms with Gasteiger partial charge in [0.25, 0.3) is 5.56 Å². The van der Waals surface area contributed by atoms with E-state index in [1.165, 1.54) is 0 Å². The number of nitrogens with one attached hydrogen (secondary N) is 1. The number of H-pyrrole nitrogens is 1. The van der Waals surface area contributed by atoms with Crippen LogP contribution in [0.25, 0.3) is 0 Å². The van der Waals surface area contributed by atoms with E-state index in [4.69, 9.17) is 0 Å². The second-order valence-electron chi connectivity index (χ2n) is 5.17. The van der Waals surface area contributed by atoms with Gasteiger partial charge in [0.1, 0.15) is 10.3 Å². The molecule has 0 saturated carbocycles. The van der Waals surface area contributed by atoms with E-state index < -0.39 is 0 Å². The smallest absolute Gasteiger partial charge is 0.265 e. The van der Waals surface area contributed by atoms with E-state index in [0.717, 1.165) is 17.9 Å². The standard InChI is InChI=1S/C12H19BrN2O/c1-6-7(2)10-14-9(12(3,4)5)8(13)11(16)15-10/h7H,6H2,1-5H3,(H,14,15,16). The fraction of sp³-hybridized carbons (Fsp3) is 0.667. The van der Waals surface area contributed by atoms with Crippen molar-refractivity contribution in [1.29, 1.82) is 0 Å². The van der Waals surface area contributed by atoms with Crippen LogP contribution in [0.15, 0.2) is 9.27 Å². The van der Waals surface area contributed by atoms with Crippen LogP contribution in [0.5, 0.6) is 0 Å². The summed E-state index contributed by atoms with van der Waals surface area (Å²) in [5.41, 5.74) is 0.608. The highest BCUT2D eigenvalue weighted by Gasteiger charge is 2.22. The normalized spacial score (nSPS) is 13.9. The van der Waals surface area contributed by atoms with Gasteiger partial charge in [0.15, 0.2) is 0 Å². The van der Waals surface area contributed by atoms with Crippen LogP contribution in [0.2, 0.25) is 0 Å². The van der Waals surface area contributed by atoms with Crippen molar-refractivity contribution in [2.75, 3.05) is 0 Å². The van der Waals surface area contributed by atoms with Crippen molar-refractivity contribution < 1.29 is 0 Å². The van der Waals surface area contributed by atoms with Crippen molar-refractivity contribution in [2.24, 2.45) is 0 Å². The van der Waals surface area contributed by atoms with Gasteiger partial charge in [0.2, 0.25) is 0 Å². The minimum Gasteiger partial charge on any atom is -0.309 e. The molecule has 0 bridgehead atoms. The Labute approximate surface area is 105 Å². The topological polar surface area (TPSA) is 45.8 Å². The average molecular weight is 287 g/mol. The molecule has 0 aliphatic rings. The number of aromatic amines is 1. The summed E-state index contributed by atoms with van der Waals surface area (Å²) in [4.78, 5) is 19.2. The van der Waals surface area contributed by atoms with Gasteiger partial charge in [0, 0.05) is 11.3 Å². The Morgan fingerprint density at radius 3 is 2.44 bits per heavy atom. The Bertz CT molecular complexity index is 432. The van der Waals surface area contributed by atoms with Crippen molar-refractivity contribution in [3.63, 3.8) is 0 Å². The molecule has 0 saturated heterocycles. The second kappa shape index (κ2) is 4.70. The maximum absolute atomic E-state index is 11.8. The highest BCUT2D eigenvalue weighted by atomic mass is 79.9. The van der Waals surface area contributed by atoms with Gasteiger partial charge in [-0.25, -0.2) is 4.98 Å².